The molecule has 0 saturated carbocycles. The van der Waals surface area contributed by atoms with Gasteiger partial charge in [-0.05, 0) is 67.8 Å². The van der Waals surface area contributed by atoms with Gasteiger partial charge in [0.25, 0.3) is 0 Å². The van der Waals surface area contributed by atoms with Crippen molar-refractivity contribution in [2.45, 2.75) is 32.2 Å². The van der Waals surface area contributed by atoms with Gasteiger partial charge >= 0.3 is 0 Å². The van der Waals surface area contributed by atoms with E-state index in [9.17, 15) is 9.59 Å². The average molecular weight is 491 g/mol. The van der Waals surface area contributed by atoms with Gasteiger partial charge in [-0.1, -0.05) is 16.8 Å². The van der Waals surface area contributed by atoms with Crippen LogP contribution in [0.15, 0.2) is 53.1 Å². The largest absolute Gasteiger partial charge is 0.372 e. The minimum Gasteiger partial charge on any atom is -0.372 e. The molecule has 0 bridgehead atoms. The zero-order valence-electron chi connectivity index (χ0n) is 19.5. The number of fused-ring (bicyclic) bond motifs is 1. The first-order valence-corrected chi connectivity index (χ1v) is 12.6. The smallest absolute Gasteiger partial charge is 0.228 e. The second-order valence-corrected chi connectivity index (χ2v) is 10.0. The normalized spacial score (nSPS) is 20.0. The van der Waals surface area contributed by atoms with Crippen LogP contribution in [0.1, 0.15) is 30.5 Å². The summed E-state index contributed by atoms with van der Waals surface area (Å²) in [6.07, 6.45) is 3.37. The number of hydrogen-bond acceptors (Lipinski definition) is 5. The summed E-state index contributed by atoms with van der Waals surface area (Å²) in [5, 5.41) is 4.92. The van der Waals surface area contributed by atoms with Crippen molar-refractivity contribution in [3.63, 3.8) is 0 Å². The molecule has 7 nitrogen and oxygen atoms in total. The van der Waals surface area contributed by atoms with Crippen LogP contribution in [0.25, 0.3) is 11.3 Å². The van der Waals surface area contributed by atoms with E-state index in [0.29, 0.717) is 31.1 Å². The molecule has 2 fully saturated rings. The summed E-state index contributed by atoms with van der Waals surface area (Å²) < 4.78 is 5.64. The zero-order chi connectivity index (χ0) is 23.9. The van der Waals surface area contributed by atoms with Crippen molar-refractivity contribution in [1.82, 2.24) is 10.1 Å². The lowest BCUT2D eigenvalue weighted by molar-refractivity contribution is -0.136. The third kappa shape index (κ3) is 4.18. The Kier molecular flexibility index (Phi) is 5.72. The van der Waals surface area contributed by atoms with Gasteiger partial charge in [0.2, 0.25) is 11.8 Å². The molecule has 3 aliphatic heterocycles. The van der Waals surface area contributed by atoms with E-state index in [1.165, 1.54) is 18.5 Å². The zero-order valence-corrected chi connectivity index (χ0v) is 20.2. The number of carbonyl (C=O) groups excluding carboxylic acids is 2. The summed E-state index contributed by atoms with van der Waals surface area (Å²) in [6, 6.07) is 15.6. The SMILES string of the molecule is O=C(C1CC(=O)N(c2ccc(N3CCCC3)cc2)C1)N1CCc2c(noc2-c2ccc(Cl)cc2)C1. The van der Waals surface area contributed by atoms with E-state index in [1.807, 2.05) is 41.3 Å². The second-order valence-electron chi connectivity index (χ2n) is 9.57. The highest BCUT2D eigenvalue weighted by Crippen LogP contribution is 2.33. The molecule has 0 N–H and O–H groups in total. The molecule has 4 heterocycles. The van der Waals surface area contributed by atoms with Crippen LogP contribution >= 0.6 is 11.6 Å². The van der Waals surface area contributed by atoms with Crippen molar-refractivity contribution < 1.29 is 14.1 Å². The Hall–Kier alpha value is -3.32. The molecular formula is C27H27ClN4O3. The number of amides is 2. The predicted octanol–water partition coefficient (Wildman–Crippen LogP) is 4.53. The summed E-state index contributed by atoms with van der Waals surface area (Å²) in [5.74, 6) is 0.408. The number of anilines is 2. The van der Waals surface area contributed by atoms with Crippen LogP contribution in [0, 0.1) is 5.92 Å². The highest BCUT2D eigenvalue weighted by Gasteiger charge is 2.39. The second kappa shape index (κ2) is 9.04. The summed E-state index contributed by atoms with van der Waals surface area (Å²) in [6.45, 7) is 3.58. The van der Waals surface area contributed by atoms with E-state index in [2.05, 4.69) is 22.2 Å². The van der Waals surface area contributed by atoms with Crippen molar-refractivity contribution in [3.05, 3.63) is 64.8 Å². The van der Waals surface area contributed by atoms with Crippen LogP contribution in [0.5, 0.6) is 0 Å². The van der Waals surface area contributed by atoms with Crippen molar-refractivity contribution in [3.8, 4) is 11.3 Å². The minimum absolute atomic E-state index is 0.00133. The fourth-order valence-corrected chi connectivity index (χ4v) is 5.57. The molecule has 0 radical (unpaired) electrons. The van der Waals surface area contributed by atoms with Crippen LogP contribution in [-0.2, 0) is 22.6 Å². The topological polar surface area (TPSA) is 69.9 Å². The third-order valence-electron chi connectivity index (χ3n) is 7.37. The Morgan fingerprint density at radius 1 is 0.971 bits per heavy atom. The van der Waals surface area contributed by atoms with Gasteiger partial charge in [0.1, 0.15) is 5.69 Å². The molecule has 0 aliphatic carbocycles. The number of halogens is 1. The first kappa shape index (κ1) is 22.2. The number of aromatic nitrogens is 1. The first-order valence-electron chi connectivity index (χ1n) is 12.2. The van der Waals surface area contributed by atoms with Crippen LogP contribution in [0.2, 0.25) is 5.02 Å². The Morgan fingerprint density at radius 2 is 1.69 bits per heavy atom. The van der Waals surface area contributed by atoms with Crippen LogP contribution < -0.4 is 9.80 Å². The minimum atomic E-state index is -0.343. The number of rotatable bonds is 4. The van der Waals surface area contributed by atoms with Gasteiger partial charge in [0.05, 0.1) is 12.5 Å². The van der Waals surface area contributed by atoms with Gasteiger partial charge in [0, 0.05) is 60.1 Å². The molecule has 3 aromatic rings. The standard InChI is InChI=1S/C27H27ClN4O3/c28-20-5-3-18(4-6-20)26-23-11-14-31(17-24(23)29-35-26)27(34)19-15-25(33)32(16-19)22-9-7-21(8-10-22)30-12-1-2-13-30/h3-10,19H,1-2,11-17H2. The van der Waals surface area contributed by atoms with E-state index in [4.69, 9.17) is 16.1 Å². The molecule has 3 aliphatic rings. The summed E-state index contributed by atoms with van der Waals surface area (Å²) in [4.78, 5) is 32.1. The quantitative estimate of drug-likeness (QED) is 0.537. The lowest BCUT2D eigenvalue weighted by atomic mass is 9.99. The highest BCUT2D eigenvalue weighted by atomic mass is 35.5. The lowest BCUT2D eigenvalue weighted by Gasteiger charge is -2.28. The molecule has 8 heteroatoms. The van der Waals surface area contributed by atoms with E-state index in [-0.39, 0.29) is 24.2 Å². The Labute approximate surface area is 209 Å². The van der Waals surface area contributed by atoms with Gasteiger partial charge in [0.15, 0.2) is 5.76 Å². The molecule has 180 valence electrons. The van der Waals surface area contributed by atoms with Crippen LogP contribution in [0.4, 0.5) is 11.4 Å². The number of nitrogens with zero attached hydrogens (tertiary/aromatic N) is 4. The molecule has 0 spiro atoms. The predicted molar refractivity (Wildman–Crippen MR) is 134 cm³/mol. The van der Waals surface area contributed by atoms with Crippen LogP contribution in [0.3, 0.4) is 0 Å². The number of hydrogen-bond donors (Lipinski definition) is 0. The maximum Gasteiger partial charge on any atom is 0.228 e. The van der Waals surface area contributed by atoms with Crippen molar-refractivity contribution in [2.24, 2.45) is 5.92 Å². The number of carbonyl (C=O) groups is 2. The Morgan fingerprint density at radius 3 is 2.43 bits per heavy atom. The van der Waals surface area contributed by atoms with E-state index in [0.717, 1.165) is 41.4 Å². The van der Waals surface area contributed by atoms with E-state index < -0.39 is 0 Å². The van der Waals surface area contributed by atoms with Crippen molar-refractivity contribution >= 4 is 34.8 Å². The van der Waals surface area contributed by atoms with E-state index >= 15 is 0 Å². The van der Waals surface area contributed by atoms with Crippen LogP contribution in [-0.4, -0.2) is 48.0 Å². The van der Waals surface area contributed by atoms with E-state index in [1.54, 1.807) is 4.90 Å². The molecule has 1 atom stereocenters. The van der Waals surface area contributed by atoms with Gasteiger partial charge in [-0.15, -0.1) is 0 Å². The Balaban J connectivity index is 1.12. The molecule has 35 heavy (non-hydrogen) atoms. The lowest BCUT2D eigenvalue weighted by Crippen LogP contribution is -2.40. The van der Waals surface area contributed by atoms with Gasteiger partial charge in [-0.2, -0.15) is 0 Å². The monoisotopic (exact) mass is 490 g/mol. The molecule has 2 amide bonds. The molecule has 1 aromatic heterocycles. The first-order chi connectivity index (χ1) is 17.1. The van der Waals surface area contributed by atoms with Gasteiger partial charge < -0.3 is 19.2 Å². The average Bonchev–Trinajstić information content (AvgIpc) is 3.64. The maximum absolute atomic E-state index is 13.3. The Bertz CT molecular complexity index is 1250. The summed E-state index contributed by atoms with van der Waals surface area (Å²) in [5.41, 5.74) is 4.81. The fourth-order valence-electron chi connectivity index (χ4n) is 5.45. The highest BCUT2D eigenvalue weighted by molar-refractivity contribution is 6.30. The van der Waals surface area contributed by atoms with Gasteiger partial charge in [-0.25, -0.2) is 0 Å². The molecule has 1 unspecified atom stereocenters. The molecule has 2 saturated heterocycles. The van der Waals surface area contributed by atoms with Gasteiger partial charge in [-0.3, -0.25) is 9.59 Å². The molecule has 6 rings (SSSR count). The number of benzene rings is 2. The van der Waals surface area contributed by atoms with Crippen molar-refractivity contribution in [2.75, 3.05) is 36.0 Å². The van der Waals surface area contributed by atoms with Crippen molar-refractivity contribution in [1.29, 1.82) is 0 Å². The maximum atomic E-state index is 13.3. The molecule has 2 aromatic carbocycles. The fraction of sp³-hybridized carbons (Fsp3) is 0.370. The summed E-state index contributed by atoms with van der Waals surface area (Å²) >= 11 is 6.01. The molecular weight excluding hydrogens is 464 g/mol. The third-order valence-corrected chi connectivity index (χ3v) is 7.62. The summed E-state index contributed by atoms with van der Waals surface area (Å²) in [7, 11) is 0.